The second-order valence-corrected chi connectivity index (χ2v) is 9.21. The maximum absolute atomic E-state index is 12.7. The Kier molecular flexibility index (Phi) is 6.32. The third kappa shape index (κ3) is 4.92. The zero-order valence-electron chi connectivity index (χ0n) is 16.4. The molecule has 0 saturated carbocycles. The van der Waals surface area contributed by atoms with Crippen molar-refractivity contribution in [3.05, 3.63) is 63.1 Å². The zero-order chi connectivity index (χ0) is 21.9. The fourth-order valence-electron chi connectivity index (χ4n) is 3.19. The monoisotopic (exact) mass is 434 g/mol. The van der Waals surface area contributed by atoms with Crippen molar-refractivity contribution >= 4 is 27.3 Å². The summed E-state index contributed by atoms with van der Waals surface area (Å²) in [5, 5.41) is 13.4. The minimum Gasteiger partial charge on any atom is -0.325 e. The molecule has 1 N–H and O–H groups in total. The number of piperidine rings is 1. The first-order chi connectivity index (χ1) is 14.2. The first-order valence-electron chi connectivity index (χ1n) is 9.42. The molecule has 0 aliphatic carbocycles. The van der Waals surface area contributed by atoms with Crippen LogP contribution in [0.5, 0.6) is 0 Å². The molecule has 1 aromatic carbocycles. The first-order valence-corrected chi connectivity index (χ1v) is 10.9. The van der Waals surface area contributed by atoms with E-state index < -0.39 is 33.0 Å². The van der Waals surface area contributed by atoms with Gasteiger partial charge in [-0.05, 0) is 43.0 Å². The van der Waals surface area contributed by atoms with Crippen molar-refractivity contribution < 1.29 is 18.1 Å². The number of rotatable bonds is 6. The van der Waals surface area contributed by atoms with E-state index in [0.29, 0.717) is 24.7 Å². The van der Waals surface area contributed by atoms with Crippen LogP contribution in [0, 0.1) is 16.0 Å². The summed E-state index contributed by atoms with van der Waals surface area (Å²) >= 11 is 0. The molecule has 30 heavy (non-hydrogen) atoms. The molecule has 1 aliphatic rings. The van der Waals surface area contributed by atoms with E-state index in [1.807, 2.05) is 0 Å². The van der Waals surface area contributed by atoms with Crippen molar-refractivity contribution in [2.75, 3.05) is 18.4 Å². The van der Waals surface area contributed by atoms with Crippen LogP contribution in [0.15, 0.2) is 52.3 Å². The topological polar surface area (TPSA) is 132 Å². The van der Waals surface area contributed by atoms with Gasteiger partial charge in [0, 0.05) is 30.9 Å². The van der Waals surface area contributed by atoms with Crippen LogP contribution in [-0.4, -0.2) is 41.2 Å². The van der Waals surface area contributed by atoms with Gasteiger partial charge in [0.15, 0.2) is 0 Å². The Bertz CT molecular complexity index is 1100. The van der Waals surface area contributed by atoms with Gasteiger partial charge in [-0.2, -0.15) is 4.31 Å². The lowest BCUT2D eigenvalue weighted by Crippen LogP contribution is -2.37. The van der Waals surface area contributed by atoms with E-state index in [1.54, 1.807) is 0 Å². The first kappa shape index (κ1) is 21.7. The number of amides is 1. The molecule has 1 saturated heterocycles. The van der Waals surface area contributed by atoms with E-state index in [4.69, 9.17) is 0 Å². The van der Waals surface area contributed by atoms with Crippen LogP contribution in [0.25, 0.3) is 0 Å². The number of aromatic nitrogens is 1. The molecule has 1 aliphatic heterocycles. The second kappa shape index (κ2) is 8.76. The molecule has 1 aromatic heterocycles. The fraction of sp³-hybridized carbons (Fsp3) is 0.368. The number of benzene rings is 1. The summed E-state index contributed by atoms with van der Waals surface area (Å²) in [6, 6.07) is 7.86. The molecular formula is C19H22N4O6S. The Balaban J connectivity index is 1.67. The average molecular weight is 434 g/mol. The molecule has 1 fully saturated rings. The van der Waals surface area contributed by atoms with E-state index in [-0.39, 0.29) is 10.6 Å². The molecule has 0 bridgehead atoms. The lowest BCUT2D eigenvalue weighted by atomic mass is 10.0. The van der Waals surface area contributed by atoms with Crippen LogP contribution in [0.3, 0.4) is 0 Å². The van der Waals surface area contributed by atoms with Gasteiger partial charge in [0.05, 0.1) is 16.0 Å². The normalized spacial score (nSPS) is 15.6. The van der Waals surface area contributed by atoms with Crippen molar-refractivity contribution in [2.24, 2.45) is 5.92 Å². The molecule has 0 spiro atoms. The molecule has 3 rings (SSSR count). The Morgan fingerprint density at radius 3 is 2.40 bits per heavy atom. The number of carbonyl (C=O) groups is 1. The summed E-state index contributed by atoms with van der Waals surface area (Å²) in [7, 11) is -3.59. The molecule has 160 valence electrons. The van der Waals surface area contributed by atoms with Gasteiger partial charge in [0.1, 0.15) is 6.54 Å². The van der Waals surface area contributed by atoms with Gasteiger partial charge < -0.3 is 5.32 Å². The number of pyridine rings is 1. The maximum Gasteiger partial charge on any atom is 0.285 e. The number of hydrogen-bond donors (Lipinski definition) is 1. The maximum atomic E-state index is 12.7. The van der Waals surface area contributed by atoms with Crippen LogP contribution in [-0.2, 0) is 21.4 Å². The SMILES string of the molecule is CC1CCN(S(=O)(=O)c2ccc(NC(=O)Cn3cc([N+](=O)[O-])ccc3=O)cc2)CC1. The van der Waals surface area contributed by atoms with Crippen LogP contribution in [0.2, 0.25) is 0 Å². The molecule has 10 nitrogen and oxygen atoms in total. The quantitative estimate of drug-likeness (QED) is 0.545. The molecule has 0 radical (unpaired) electrons. The van der Waals surface area contributed by atoms with E-state index in [9.17, 15) is 28.1 Å². The summed E-state index contributed by atoms with van der Waals surface area (Å²) in [4.78, 5) is 34.3. The third-order valence-corrected chi connectivity index (χ3v) is 6.92. The molecule has 2 heterocycles. The van der Waals surface area contributed by atoms with Crippen LogP contribution in [0.4, 0.5) is 11.4 Å². The van der Waals surface area contributed by atoms with E-state index in [2.05, 4.69) is 12.2 Å². The number of carbonyl (C=O) groups excluding carboxylic acids is 1. The molecule has 1 amide bonds. The standard InChI is InChI=1S/C19H22N4O6S/c1-14-8-10-22(11-9-14)30(28,29)17-5-2-15(3-6-17)20-18(24)13-21-12-16(23(26)27)4-7-19(21)25/h2-7,12,14H,8-11,13H2,1H3,(H,20,24). The van der Waals surface area contributed by atoms with Crippen LogP contribution < -0.4 is 10.9 Å². The van der Waals surface area contributed by atoms with E-state index in [0.717, 1.165) is 35.7 Å². The predicted octanol–water partition coefficient (Wildman–Crippen LogP) is 1.82. The number of hydrogen-bond acceptors (Lipinski definition) is 6. The van der Waals surface area contributed by atoms with Gasteiger partial charge >= 0.3 is 0 Å². The molecule has 0 unspecified atom stereocenters. The van der Waals surface area contributed by atoms with Gasteiger partial charge in [-0.25, -0.2) is 8.42 Å². The van der Waals surface area contributed by atoms with Crippen molar-refractivity contribution in [1.29, 1.82) is 0 Å². The van der Waals surface area contributed by atoms with Gasteiger partial charge in [0.2, 0.25) is 15.9 Å². The fourth-order valence-corrected chi connectivity index (χ4v) is 4.66. The van der Waals surface area contributed by atoms with E-state index in [1.165, 1.54) is 28.6 Å². The Labute approximate surface area is 173 Å². The Morgan fingerprint density at radius 2 is 1.80 bits per heavy atom. The van der Waals surface area contributed by atoms with Gasteiger partial charge in [-0.15, -0.1) is 0 Å². The number of nitro groups is 1. The lowest BCUT2D eigenvalue weighted by Gasteiger charge is -2.29. The smallest absolute Gasteiger partial charge is 0.285 e. The molecule has 2 aromatic rings. The van der Waals surface area contributed by atoms with Crippen LogP contribution in [0.1, 0.15) is 19.8 Å². The zero-order valence-corrected chi connectivity index (χ0v) is 17.2. The molecular weight excluding hydrogens is 412 g/mol. The number of nitrogens with zero attached hydrogens (tertiary/aromatic N) is 3. The summed E-state index contributed by atoms with van der Waals surface area (Å²) in [5.74, 6) is -0.0641. The summed E-state index contributed by atoms with van der Waals surface area (Å²) in [5.41, 5.74) is -0.498. The number of sulfonamides is 1. The number of anilines is 1. The van der Waals surface area contributed by atoms with Gasteiger partial charge in [0.25, 0.3) is 11.2 Å². The molecule has 0 atom stereocenters. The minimum absolute atomic E-state index is 0.143. The lowest BCUT2D eigenvalue weighted by molar-refractivity contribution is -0.385. The summed E-state index contributed by atoms with van der Waals surface area (Å²) in [6.45, 7) is 2.66. The second-order valence-electron chi connectivity index (χ2n) is 7.27. The largest absolute Gasteiger partial charge is 0.325 e. The third-order valence-electron chi connectivity index (χ3n) is 5.01. The highest BCUT2D eigenvalue weighted by atomic mass is 32.2. The van der Waals surface area contributed by atoms with Crippen LogP contribution >= 0.6 is 0 Å². The van der Waals surface area contributed by atoms with Gasteiger partial charge in [-0.1, -0.05) is 6.92 Å². The van der Waals surface area contributed by atoms with Gasteiger partial charge in [-0.3, -0.25) is 24.3 Å². The minimum atomic E-state index is -3.59. The Morgan fingerprint density at radius 1 is 1.17 bits per heavy atom. The summed E-state index contributed by atoms with van der Waals surface area (Å²) < 4.78 is 27.9. The highest BCUT2D eigenvalue weighted by Gasteiger charge is 2.27. The number of nitrogens with one attached hydrogen (secondary N) is 1. The highest BCUT2D eigenvalue weighted by molar-refractivity contribution is 7.89. The highest BCUT2D eigenvalue weighted by Crippen LogP contribution is 2.24. The molecule has 11 heteroatoms. The van der Waals surface area contributed by atoms with Crippen molar-refractivity contribution in [3.63, 3.8) is 0 Å². The average Bonchev–Trinajstić information content (AvgIpc) is 2.70. The predicted molar refractivity (Wildman–Crippen MR) is 110 cm³/mol. The Hall–Kier alpha value is -3.05. The van der Waals surface area contributed by atoms with Crippen molar-refractivity contribution in [1.82, 2.24) is 8.87 Å². The van der Waals surface area contributed by atoms with E-state index >= 15 is 0 Å². The summed E-state index contributed by atoms with van der Waals surface area (Å²) in [6.07, 6.45) is 2.64. The van der Waals surface area contributed by atoms with Crippen molar-refractivity contribution in [2.45, 2.75) is 31.2 Å². The van der Waals surface area contributed by atoms with Crippen molar-refractivity contribution in [3.8, 4) is 0 Å².